The number of methoxy groups -OCH3 is 1. The zero-order valence-corrected chi connectivity index (χ0v) is 10.1. The molecule has 94 valence electrons. The van der Waals surface area contributed by atoms with Crippen molar-refractivity contribution in [1.29, 1.82) is 0 Å². The standard InChI is InChI=1S/C13H13FN2O2/c1-13(17,11-6-5-9(14)8-16-11)12-10(18-2)4-3-7-15-12/h3-8,17H,1-2H3. The molecular weight excluding hydrogens is 235 g/mol. The number of ether oxygens (including phenoxy) is 1. The van der Waals surface area contributed by atoms with Gasteiger partial charge in [-0.2, -0.15) is 0 Å². The fourth-order valence-corrected chi connectivity index (χ4v) is 1.71. The van der Waals surface area contributed by atoms with Crippen molar-refractivity contribution >= 4 is 0 Å². The van der Waals surface area contributed by atoms with Gasteiger partial charge < -0.3 is 9.84 Å². The molecule has 1 N–H and O–H groups in total. The lowest BCUT2D eigenvalue weighted by Crippen LogP contribution is -2.26. The molecule has 18 heavy (non-hydrogen) atoms. The van der Waals surface area contributed by atoms with Crippen LogP contribution < -0.4 is 4.74 Å². The molecule has 0 aliphatic heterocycles. The van der Waals surface area contributed by atoms with E-state index in [0.29, 0.717) is 17.1 Å². The van der Waals surface area contributed by atoms with Crippen molar-refractivity contribution in [2.75, 3.05) is 7.11 Å². The van der Waals surface area contributed by atoms with Crippen molar-refractivity contribution in [3.8, 4) is 5.75 Å². The normalized spacial score (nSPS) is 14.0. The molecule has 0 aromatic carbocycles. The van der Waals surface area contributed by atoms with Gasteiger partial charge in [0.05, 0.1) is 19.0 Å². The third-order valence-electron chi connectivity index (χ3n) is 2.68. The first-order chi connectivity index (χ1) is 8.55. The molecule has 0 fully saturated rings. The van der Waals surface area contributed by atoms with Crippen LogP contribution in [-0.4, -0.2) is 22.2 Å². The fraction of sp³-hybridized carbons (Fsp3) is 0.231. The highest BCUT2D eigenvalue weighted by Crippen LogP contribution is 2.32. The molecule has 4 nitrogen and oxygen atoms in total. The van der Waals surface area contributed by atoms with E-state index in [1.165, 1.54) is 26.2 Å². The SMILES string of the molecule is COc1cccnc1C(C)(O)c1ccc(F)cn1. The summed E-state index contributed by atoms with van der Waals surface area (Å²) in [7, 11) is 1.49. The first kappa shape index (κ1) is 12.4. The number of rotatable bonds is 3. The lowest BCUT2D eigenvalue weighted by Gasteiger charge is -2.23. The first-order valence-electron chi connectivity index (χ1n) is 5.39. The van der Waals surface area contributed by atoms with Crippen molar-refractivity contribution in [2.24, 2.45) is 0 Å². The number of hydrogen-bond donors (Lipinski definition) is 1. The van der Waals surface area contributed by atoms with Gasteiger partial charge in [0.15, 0.2) is 0 Å². The number of aromatic nitrogens is 2. The largest absolute Gasteiger partial charge is 0.495 e. The second-order valence-electron chi connectivity index (χ2n) is 3.99. The lowest BCUT2D eigenvalue weighted by molar-refractivity contribution is 0.0891. The molecule has 0 bridgehead atoms. The van der Waals surface area contributed by atoms with Crippen LogP contribution >= 0.6 is 0 Å². The van der Waals surface area contributed by atoms with Crippen molar-refractivity contribution < 1.29 is 14.2 Å². The van der Waals surface area contributed by atoms with E-state index in [-0.39, 0.29) is 0 Å². The predicted molar refractivity (Wildman–Crippen MR) is 63.7 cm³/mol. The quantitative estimate of drug-likeness (QED) is 0.901. The van der Waals surface area contributed by atoms with Crippen LogP contribution in [0.3, 0.4) is 0 Å². The van der Waals surface area contributed by atoms with E-state index in [2.05, 4.69) is 9.97 Å². The van der Waals surface area contributed by atoms with Crippen LogP contribution in [0.2, 0.25) is 0 Å². The van der Waals surface area contributed by atoms with Gasteiger partial charge in [0.2, 0.25) is 0 Å². The zero-order valence-electron chi connectivity index (χ0n) is 10.1. The maximum atomic E-state index is 12.8. The van der Waals surface area contributed by atoms with Gasteiger partial charge in [0, 0.05) is 6.20 Å². The average molecular weight is 248 g/mol. The number of hydrogen-bond acceptors (Lipinski definition) is 4. The van der Waals surface area contributed by atoms with Gasteiger partial charge in [0.25, 0.3) is 0 Å². The fourth-order valence-electron chi connectivity index (χ4n) is 1.71. The molecule has 0 saturated carbocycles. The summed E-state index contributed by atoms with van der Waals surface area (Å²) in [6.07, 6.45) is 2.61. The van der Waals surface area contributed by atoms with Crippen LogP contribution in [0.15, 0.2) is 36.7 Å². The zero-order chi connectivity index (χ0) is 13.2. The van der Waals surface area contributed by atoms with Gasteiger partial charge in [-0.3, -0.25) is 9.97 Å². The summed E-state index contributed by atoms with van der Waals surface area (Å²) in [5.41, 5.74) is -0.798. The average Bonchev–Trinajstić information content (AvgIpc) is 2.39. The molecular formula is C13H13FN2O2. The predicted octanol–water partition coefficient (Wildman–Crippen LogP) is 1.88. The number of nitrogens with zero attached hydrogens (tertiary/aromatic N) is 2. The van der Waals surface area contributed by atoms with E-state index in [1.54, 1.807) is 18.3 Å². The minimum absolute atomic E-state index is 0.306. The second kappa shape index (κ2) is 4.70. The third-order valence-corrected chi connectivity index (χ3v) is 2.68. The van der Waals surface area contributed by atoms with Crippen LogP contribution in [0.25, 0.3) is 0 Å². The Morgan fingerprint density at radius 2 is 2.06 bits per heavy atom. The van der Waals surface area contributed by atoms with E-state index < -0.39 is 11.4 Å². The van der Waals surface area contributed by atoms with Gasteiger partial charge in [-0.1, -0.05) is 0 Å². The number of aliphatic hydroxyl groups is 1. The Morgan fingerprint density at radius 3 is 2.67 bits per heavy atom. The van der Waals surface area contributed by atoms with E-state index in [1.807, 2.05) is 0 Å². The molecule has 0 spiro atoms. The topological polar surface area (TPSA) is 55.2 Å². The molecule has 5 heteroatoms. The van der Waals surface area contributed by atoms with Crippen LogP contribution in [0, 0.1) is 5.82 Å². The Bertz CT molecular complexity index is 541. The third kappa shape index (κ3) is 2.17. The molecule has 2 rings (SSSR count). The smallest absolute Gasteiger partial charge is 0.149 e. The molecule has 2 heterocycles. The molecule has 0 amide bonds. The lowest BCUT2D eigenvalue weighted by atomic mass is 9.96. The second-order valence-corrected chi connectivity index (χ2v) is 3.99. The van der Waals surface area contributed by atoms with E-state index in [9.17, 15) is 9.50 Å². The Hall–Kier alpha value is -2.01. The number of pyridine rings is 2. The molecule has 2 aromatic heterocycles. The summed E-state index contributed by atoms with van der Waals surface area (Å²) in [5.74, 6) is -0.00355. The summed E-state index contributed by atoms with van der Waals surface area (Å²) in [6.45, 7) is 1.54. The monoisotopic (exact) mass is 248 g/mol. The summed E-state index contributed by atoms with van der Waals surface area (Å²) in [6, 6.07) is 6.06. The Labute approximate surface area is 104 Å². The van der Waals surface area contributed by atoms with Gasteiger partial charge >= 0.3 is 0 Å². The van der Waals surface area contributed by atoms with Crippen molar-refractivity contribution in [3.05, 3.63) is 53.9 Å². The Kier molecular flexibility index (Phi) is 3.25. The maximum absolute atomic E-state index is 12.8. The summed E-state index contributed by atoms with van der Waals surface area (Å²) >= 11 is 0. The van der Waals surface area contributed by atoms with E-state index in [4.69, 9.17) is 4.74 Å². The molecule has 1 unspecified atom stereocenters. The minimum atomic E-state index is -1.44. The number of halogens is 1. The minimum Gasteiger partial charge on any atom is -0.495 e. The van der Waals surface area contributed by atoms with Gasteiger partial charge in [-0.15, -0.1) is 0 Å². The van der Waals surface area contributed by atoms with Gasteiger partial charge in [-0.25, -0.2) is 4.39 Å². The van der Waals surface area contributed by atoms with Crippen LogP contribution in [0.5, 0.6) is 5.75 Å². The molecule has 0 saturated heterocycles. The van der Waals surface area contributed by atoms with Gasteiger partial charge in [0.1, 0.15) is 22.9 Å². The highest BCUT2D eigenvalue weighted by Gasteiger charge is 2.31. The molecule has 1 atom stereocenters. The van der Waals surface area contributed by atoms with Gasteiger partial charge in [-0.05, 0) is 31.2 Å². The Morgan fingerprint density at radius 1 is 1.28 bits per heavy atom. The van der Waals surface area contributed by atoms with Crippen molar-refractivity contribution in [3.63, 3.8) is 0 Å². The molecule has 0 aliphatic carbocycles. The molecule has 0 radical (unpaired) electrons. The summed E-state index contributed by atoms with van der Waals surface area (Å²) in [4.78, 5) is 7.99. The van der Waals surface area contributed by atoms with Crippen LogP contribution in [0.1, 0.15) is 18.3 Å². The Balaban J connectivity index is 2.50. The van der Waals surface area contributed by atoms with E-state index >= 15 is 0 Å². The molecule has 2 aromatic rings. The summed E-state index contributed by atoms with van der Waals surface area (Å²) in [5, 5.41) is 10.5. The highest BCUT2D eigenvalue weighted by atomic mass is 19.1. The first-order valence-corrected chi connectivity index (χ1v) is 5.39. The van der Waals surface area contributed by atoms with Crippen molar-refractivity contribution in [1.82, 2.24) is 9.97 Å². The maximum Gasteiger partial charge on any atom is 0.149 e. The van der Waals surface area contributed by atoms with Crippen LogP contribution in [0.4, 0.5) is 4.39 Å². The summed E-state index contributed by atoms with van der Waals surface area (Å²) < 4.78 is 18.0. The van der Waals surface area contributed by atoms with Crippen LogP contribution in [-0.2, 0) is 5.60 Å². The molecule has 0 aliphatic rings. The van der Waals surface area contributed by atoms with E-state index in [0.717, 1.165) is 6.20 Å². The highest BCUT2D eigenvalue weighted by molar-refractivity contribution is 5.36. The van der Waals surface area contributed by atoms with Crippen molar-refractivity contribution in [2.45, 2.75) is 12.5 Å².